The molecular weight excluding hydrogens is 250 g/mol. The van der Waals surface area contributed by atoms with E-state index in [2.05, 4.69) is 10.6 Å². The number of nitro benzene ring substituents is 1. The maximum absolute atomic E-state index is 11.6. The molecule has 1 fully saturated rings. The van der Waals surface area contributed by atoms with Crippen LogP contribution in [0, 0.1) is 17.0 Å². The van der Waals surface area contributed by atoms with E-state index in [-0.39, 0.29) is 18.0 Å². The van der Waals surface area contributed by atoms with Crippen molar-refractivity contribution in [1.82, 2.24) is 5.32 Å². The number of imide groups is 1. The molecule has 0 aromatic heterocycles. The van der Waals surface area contributed by atoms with Crippen molar-refractivity contribution in [2.24, 2.45) is 0 Å². The summed E-state index contributed by atoms with van der Waals surface area (Å²) in [6, 6.07) is 4.14. The molecule has 2 rings (SSSR count). The van der Waals surface area contributed by atoms with E-state index in [1.54, 1.807) is 19.1 Å². The van der Waals surface area contributed by atoms with Gasteiger partial charge in [0.15, 0.2) is 0 Å². The summed E-state index contributed by atoms with van der Waals surface area (Å²) >= 11 is 0. The number of hydrogen-bond acceptors (Lipinski definition) is 5. The molecule has 1 unspecified atom stereocenters. The molecule has 1 saturated heterocycles. The zero-order chi connectivity index (χ0) is 14.0. The molecule has 100 valence electrons. The van der Waals surface area contributed by atoms with Crippen LogP contribution in [-0.2, 0) is 9.59 Å². The highest BCUT2D eigenvalue weighted by Crippen LogP contribution is 2.23. The second-order valence-electron chi connectivity index (χ2n) is 4.41. The van der Waals surface area contributed by atoms with Crippen LogP contribution in [0.1, 0.15) is 18.4 Å². The molecule has 1 aliphatic heterocycles. The van der Waals surface area contributed by atoms with Crippen LogP contribution in [0.2, 0.25) is 0 Å². The average molecular weight is 263 g/mol. The minimum atomic E-state index is -0.542. The zero-order valence-electron chi connectivity index (χ0n) is 10.3. The van der Waals surface area contributed by atoms with Crippen LogP contribution in [0.5, 0.6) is 0 Å². The van der Waals surface area contributed by atoms with Gasteiger partial charge in [-0.05, 0) is 19.4 Å². The maximum Gasteiger partial charge on any atom is 0.274 e. The van der Waals surface area contributed by atoms with Crippen molar-refractivity contribution in [1.29, 1.82) is 0 Å². The van der Waals surface area contributed by atoms with Gasteiger partial charge in [-0.1, -0.05) is 6.07 Å². The Hall–Kier alpha value is -2.44. The monoisotopic (exact) mass is 263 g/mol. The van der Waals surface area contributed by atoms with E-state index in [1.165, 1.54) is 6.07 Å². The lowest BCUT2D eigenvalue weighted by Crippen LogP contribution is -2.47. The predicted octanol–water partition coefficient (Wildman–Crippen LogP) is 1.12. The number of aryl methyl sites for hydroxylation is 1. The number of amides is 2. The number of rotatable bonds is 3. The van der Waals surface area contributed by atoms with Crippen LogP contribution in [0.25, 0.3) is 0 Å². The first kappa shape index (κ1) is 13.0. The van der Waals surface area contributed by atoms with Gasteiger partial charge in [-0.3, -0.25) is 25.0 Å². The Balaban J connectivity index is 2.15. The van der Waals surface area contributed by atoms with Crippen LogP contribution < -0.4 is 10.6 Å². The Bertz CT molecular complexity index is 556. The number of carbonyl (C=O) groups excluding carboxylic acids is 2. The SMILES string of the molecule is Cc1ccc(NC2CCC(=O)NC2=O)cc1[N+](=O)[O-]. The van der Waals surface area contributed by atoms with E-state index >= 15 is 0 Å². The first-order valence-electron chi connectivity index (χ1n) is 5.82. The predicted molar refractivity (Wildman–Crippen MR) is 67.6 cm³/mol. The third-order valence-corrected chi connectivity index (χ3v) is 2.99. The fourth-order valence-corrected chi connectivity index (χ4v) is 1.93. The summed E-state index contributed by atoms with van der Waals surface area (Å²) < 4.78 is 0. The van der Waals surface area contributed by atoms with Gasteiger partial charge < -0.3 is 5.32 Å². The molecule has 0 radical (unpaired) electrons. The molecule has 0 bridgehead atoms. The number of nitrogens with one attached hydrogen (secondary N) is 2. The minimum absolute atomic E-state index is 0.00251. The second-order valence-corrected chi connectivity index (χ2v) is 4.41. The van der Waals surface area contributed by atoms with Crippen molar-refractivity contribution in [2.75, 3.05) is 5.32 Å². The van der Waals surface area contributed by atoms with Crippen LogP contribution in [0.15, 0.2) is 18.2 Å². The number of nitrogens with zero attached hydrogens (tertiary/aromatic N) is 1. The Morgan fingerprint density at radius 2 is 2.16 bits per heavy atom. The highest BCUT2D eigenvalue weighted by atomic mass is 16.6. The van der Waals surface area contributed by atoms with Gasteiger partial charge in [-0.2, -0.15) is 0 Å². The topological polar surface area (TPSA) is 101 Å². The van der Waals surface area contributed by atoms with Gasteiger partial charge in [-0.15, -0.1) is 0 Å². The van der Waals surface area contributed by atoms with Crippen molar-refractivity contribution in [3.63, 3.8) is 0 Å². The first-order valence-corrected chi connectivity index (χ1v) is 5.82. The molecule has 7 nitrogen and oxygen atoms in total. The van der Waals surface area contributed by atoms with Crippen LogP contribution in [-0.4, -0.2) is 22.8 Å². The molecule has 0 aliphatic carbocycles. The number of nitro groups is 1. The van der Waals surface area contributed by atoms with Crippen molar-refractivity contribution in [3.05, 3.63) is 33.9 Å². The average Bonchev–Trinajstić information content (AvgIpc) is 2.34. The lowest BCUT2D eigenvalue weighted by molar-refractivity contribution is -0.385. The van der Waals surface area contributed by atoms with E-state index in [9.17, 15) is 19.7 Å². The third kappa shape index (κ3) is 2.87. The summed E-state index contributed by atoms with van der Waals surface area (Å²) in [5, 5.41) is 16.0. The highest BCUT2D eigenvalue weighted by molar-refractivity contribution is 6.01. The van der Waals surface area contributed by atoms with Crippen molar-refractivity contribution in [3.8, 4) is 0 Å². The van der Waals surface area contributed by atoms with E-state index in [0.29, 0.717) is 17.7 Å². The lowest BCUT2D eigenvalue weighted by Gasteiger charge is -2.22. The summed E-state index contributed by atoms with van der Waals surface area (Å²) in [5.74, 6) is -0.697. The second kappa shape index (κ2) is 5.05. The summed E-state index contributed by atoms with van der Waals surface area (Å²) in [7, 11) is 0. The van der Waals surface area contributed by atoms with Gasteiger partial charge in [0.1, 0.15) is 6.04 Å². The van der Waals surface area contributed by atoms with Gasteiger partial charge >= 0.3 is 0 Å². The van der Waals surface area contributed by atoms with Gasteiger partial charge in [0, 0.05) is 23.7 Å². The van der Waals surface area contributed by atoms with Crippen LogP contribution in [0.4, 0.5) is 11.4 Å². The maximum atomic E-state index is 11.6. The molecule has 0 spiro atoms. The highest BCUT2D eigenvalue weighted by Gasteiger charge is 2.26. The summed E-state index contributed by atoms with van der Waals surface area (Å²) in [6.45, 7) is 1.65. The molecule has 1 atom stereocenters. The molecule has 1 heterocycles. The van der Waals surface area contributed by atoms with Crippen molar-refractivity contribution < 1.29 is 14.5 Å². The quantitative estimate of drug-likeness (QED) is 0.483. The lowest BCUT2D eigenvalue weighted by atomic mass is 10.1. The standard InChI is InChI=1S/C12H13N3O4/c1-7-2-3-8(6-10(7)15(18)19)13-9-4-5-11(16)14-12(9)17/h2-3,6,9,13H,4-5H2,1H3,(H,14,16,17). The van der Waals surface area contributed by atoms with E-state index in [1.807, 2.05) is 0 Å². The minimum Gasteiger partial charge on any atom is -0.373 e. The van der Waals surface area contributed by atoms with Crippen LogP contribution in [0.3, 0.4) is 0 Å². The molecule has 2 N–H and O–H groups in total. The Morgan fingerprint density at radius 3 is 2.79 bits per heavy atom. The number of hydrogen-bond donors (Lipinski definition) is 2. The number of anilines is 1. The molecular formula is C12H13N3O4. The third-order valence-electron chi connectivity index (χ3n) is 2.99. The fraction of sp³-hybridized carbons (Fsp3) is 0.333. The Morgan fingerprint density at radius 1 is 1.42 bits per heavy atom. The largest absolute Gasteiger partial charge is 0.373 e. The molecule has 1 aromatic carbocycles. The molecule has 1 aliphatic rings. The number of piperidine rings is 1. The Labute approximate surface area is 109 Å². The molecule has 7 heteroatoms. The van der Waals surface area contributed by atoms with Crippen molar-refractivity contribution in [2.45, 2.75) is 25.8 Å². The van der Waals surface area contributed by atoms with Gasteiger partial charge in [0.05, 0.1) is 4.92 Å². The smallest absolute Gasteiger partial charge is 0.274 e. The van der Waals surface area contributed by atoms with E-state index in [0.717, 1.165) is 0 Å². The fourth-order valence-electron chi connectivity index (χ4n) is 1.93. The van der Waals surface area contributed by atoms with Gasteiger partial charge in [0.25, 0.3) is 5.69 Å². The number of benzene rings is 1. The van der Waals surface area contributed by atoms with Gasteiger partial charge in [-0.25, -0.2) is 0 Å². The normalized spacial score (nSPS) is 18.9. The molecule has 0 saturated carbocycles. The van der Waals surface area contributed by atoms with Crippen LogP contribution >= 0.6 is 0 Å². The summed E-state index contributed by atoms with van der Waals surface area (Å²) in [5.41, 5.74) is 1.04. The molecule has 1 aromatic rings. The summed E-state index contributed by atoms with van der Waals surface area (Å²) in [4.78, 5) is 32.9. The molecule has 2 amide bonds. The first-order chi connectivity index (χ1) is 8.97. The zero-order valence-corrected chi connectivity index (χ0v) is 10.3. The van der Waals surface area contributed by atoms with Crippen molar-refractivity contribution >= 4 is 23.2 Å². The van der Waals surface area contributed by atoms with Gasteiger partial charge in [0.2, 0.25) is 11.8 Å². The van der Waals surface area contributed by atoms with E-state index in [4.69, 9.17) is 0 Å². The molecule has 19 heavy (non-hydrogen) atoms. The summed E-state index contributed by atoms with van der Waals surface area (Å²) in [6.07, 6.45) is 0.643. The number of carbonyl (C=O) groups is 2. The van der Waals surface area contributed by atoms with E-state index < -0.39 is 16.9 Å². The Kier molecular flexibility index (Phi) is 3.46.